The fraction of sp³-hybridized carbons (Fsp3) is 0.600. The zero-order chi connectivity index (χ0) is 13.7. The number of rotatable bonds is 6. The molecule has 2 rings (SSSR count). The first kappa shape index (κ1) is 14.8. The van der Waals surface area contributed by atoms with Gasteiger partial charge in [-0.05, 0) is 55.9 Å². The van der Waals surface area contributed by atoms with Crippen LogP contribution in [0, 0.1) is 0 Å². The van der Waals surface area contributed by atoms with Crippen molar-refractivity contribution in [2.24, 2.45) is 5.73 Å². The molecule has 0 spiro atoms. The normalized spacial score (nSPS) is 20.5. The van der Waals surface area contributed by atoms with E-state index >= 15 is 0 Å². The maximum Gasteiger partial charge on any atom is 0.119 e. The lowest BCUT2D eigenvalue weighted by molar-refractivity contribution is 0.101. The van der Waals surface area contributed by atoms with Crippen LogP contribution >= 0.6 is 15.9 Å². The number of methoxy groups -OCH3 is 1. The lowest BCUT2D eigenvalue weighted by atomic mass is 10.00. The molecule has 19 heavy (non-hydrogen) atoms. The molecule has 106 valence electrons. The van der Waals surface area contributed by atoms with Crippen LogP contribution in [0.5, 0.6) is 5.75 Å². The smallest absolute Gasteiger partial charge is 0.119 e. The van der Waals surface area contributed by atoms with Crippen LogP contribution in [0.15, 0.2) is 22.7 Å². The average molecular weight is 328 g/mol. The molecule has 2 atom stereocenters. The van der Waals surface area contributed by atoms with E-state index in [1.807, 2.05) is 18.2 Å². The van der Waals surface area contributed by atoms with Crippen LogP contribution in [0.25, 0.3) is 0 Å². The maximum absolute atomic E-state index is 6.28. The minimum Gasteiger partial charge on any atom is -0.497 e. The van der Waals surface area contributed by atoms with E-state index in [1.165, 1.54) is 12.8 Å². The van der Waals surface area contributed by atoms with E-state index in [1.54, 1.807) is 7.11 Å². The van der Waals surface area contributed by atoms with E-state index < -0.39 is 0 Å². The number of hydrogen-bond donors (Lipinski definition) is 1. The molecule has 3 nitrogen and oxygen atoms in total. The fourth-order valence-corrected chi connectivity index (χ4v) is 3.07. The summed E-state index contributed by atoms with van der Waals surface area (Å²) in [5.74, 6) is 0.854. The van der Waals surface area contributed by atoms with Gasteiger partial charge in [0.05, 0.1) is 13.2 Å². The first-order valence-electron chi connectivity index (χ1n) is 6.91. The molecule has 4 heteroatoms. The summed E-state index contributed by atoms with van der Waals surface area (Å²) in [6.45, 7) is 0.929. The molecule has 0 aromatic heterocycles. The summed E-state index contributed by atoms with van der Waals surface area (Å²) < 4.78 is 11.9. The molecule has 0 bridgehead atoms. The Hall–Kier alpha value is -0.580. The Kier molecular flexibility index (Phi) is 5.67. The van der Waals surface area contributed by atoms with Crippen molar-refractivity contribution in [3.63, 3.8) is 0 Å². The van der Waals surface area contributed by atoms with Gasteiger partial charge in [-0.25, -0.2) is 0 Å². The predicted octanol–water partition coefficient (Wildman–Crippen LogP) is 3.81. The number of benzene rings is 1. The summed E-state index contributed by atoms with van der Waals surface area (Å²) in [5.41, 5.74) is 7.40. The van der Waals surface area contributed by atoms with Gasteiger partial charge in [-0.1, -0.05) is 15.9 Å². The second kappa shape index (κ2) is 7.27. The molecule has 2 unspecified atom stereocenters. The third-order valence-electron chi connectivity index (χ3n) is 3.67. The van der Waals surface area contributed by atoms with Crippen molar-refractivity contribution in [1.29, 1.82) is 0 Å². The Morgan fingerprint density at radius 2 is 2.37 bits per heavy atom. The predicted molar refractivity (Wildman–Crippen MR) is 80.4 cm³/mol. The van der Waals surface area contributed by atoms with Crippen molar-refractivity contribution in [1.82, 2.24) is 0 Å². The summed E-state index contributed by atoms with van der Waals surface area (Å²) >= 11 is 3.56. The van der Waals surface area contributed by atoms with Gasteiger partial charge >= 0.3 is 0 Å². The molecule has 0 amide bonds. The number of ether oxygens (including phenoxy) is 2. The van der Waals surface area contributed by atoms with Gasteiger partial charge in [0.25, 0.3) is 0 Å². The molecule has 1 heterocycles. The summed E-state index contributed by atoms with van der Waals surface area (Å²) in [5, 5.41) is 0. The second-order valence-corrected chi connectivity index (χ2v) is 5.91. The monoisotopic (exact) mass is 327 g/mol. The fourth-order valence-electron chi connectivity index (χ4n) is 2.53. The number of halogens is 1. The zero-order valence-corrected chi connectivity index (χ0v) is 13.0. The SMILES string of the molecule is COc1ccc(Br)c(C(N)CCCC2CCCO2)c1. The molecule has 1 aliphatic rings. The topological polar surface area (TPSA) is 44.5 Å². The van der Waals surface area contributed by atoms with Crippen LogP contribution in [0.3, 0.4) is 0 Å². The van der Waals surface area contributed by atoms with E-state index in [4.69, 9.17) is 15.2 Å². The van der Waals surface area contributed by atoms with Gasteiger partial charge < -0.3 is 15.2 Å². The van der Waals surface area contributed by atoms with Gasteiger partial charge in [0.1, 0.15) is 5.75 Å². The van der Waals surface area contributed by atoms with Gasteiger partial charge in [-0.3, -0.25) is 0 Å². The molecule has 0 aliphatic carbocycles. The molecule has 1 aromatic rings. The highest BCUT2D eigenvalue weighted by molar-refractivity contribution is 9.10. The molecule has 1 saturated heterocycles. The van der Waals surface area contributed by atoms with Crippen molar-refractivity contribution < 1.29 is 9.47 Å². The number of nitrogens with two attached hydrogens (primary N) is 1. The summed E-state index contributed by atoms with van der Waals surface area (Å²) in [6, 6.07) is 5.99. The van der Waals surface area contributed by atoms with Crippen molar-refractivity contribution in [3.8, 4) is 5.75 Å². The van der Waals surface area contributed by atoms with Crippen LogP contribution in [-0.2, 0) is 4.74 Å². The first-order chi connectivity index (χ1) is 9.20. The van der Waals surface area contributed by atoms with Crippen molar-refractivity contribution >= 4 is 15.9 Å². The quantitative estimate of drug-likeness (QED) is 0.864. The molecule has 1 aromatic carbocycles. The first-order valence-corrected chi connectivity index (χ1v) is 7.70. The van der Waals surface area contributed by atoms with Crippen LogP contribution in [-0.4, -0.2) is 19.8 Å². The molecule has 0 radical (unpaired) electrons. The third-order valence-corrected chi connectivity index (χ3v) is 4.39. The summed E-state index contributed by atoms with van der Waals surface area (Å²) in [7, 11) is 1.68. The van der Waals surface area contributed by atoms with E-state index in [9.17, 15) is 0 Å². The zero-order valence-electron chi connectivity index (χ0n) is 11.4. The summed E-state index contributed by atoms with van der Waals surface area (Å²) in [6.07, 6.45) is 6.08. The third kappa shape index (κ3) is 4.20. The van der Waals surface area contributed by atoms with Gasteiger partial charge in [-0.2, -0.15) is 0 Å². The molecule has 1 fully saturated rings. The van der Waals surface area contributed by atoms with Crippen molar-refractivity contribution in [3.05, 3.63) is 28.2 Å². The maximum atomic E-state index is 6.28. The van der Waals surface area contributed by atoms with Gasteiger partial charge in [-0.15, -0.1) is 0 Å². The lowest BCUT2D eigenvalue weighted by Gasteiger charge is -2.16. The number of hydrogen-bond acceptors (Lipinski definition) is 3. The molecular formula is C15H22BrNO2. The summed E-state index contributed by atoms with van der Waals surface area (Å²) in [4.78, 5) is 0. The van der Waals surface area contributed by atoms with Crippen molar-refractivity contribution in [2.75, 3.05) is 13.7 Å². The molecule has 0 saturated carbocycles. The van der Waals surface area contributed by atoms with Crippen LogP contribution in [0.1, 0.15) is 43.7 Å². The Bertz CT molecular complexity index is 405. The van der Waals surface area contributed by atoms with Crippen LogP contribution in [0.2, 0.25) is 0 Å². The lowest BCUT2D eigenvalue weighted by Crippen LogP contribution is -2.13. The Balaban J connectivity index is 1.86. The minimum atomic E-state index is 0.0471. The molecule has 1 aliphatic heterocycles. The standard InChI is InChI=1S/C15H22BrNO2/c1-18-12-7-8-14(16)13(10-12)15(17)6-2-4-11-5-3-9-19-11/h7-8,10-11,15H,2-6,9,17H2,1H3. The Morgan fingerprint density at radius 1 is 1.53 bits per heavy atom. The van der Waals surface area contributed by atoms with Crippen LogP contribution in [0.4, 0.5) is 0 Å². The van der Waals surface area contributed by atoms with Gasteiger partial charge in [0, 0.05) is 17.1 Å². The highest BCUT2D eigenvalue weighted by Crippen LogP contribution is 2.29. The average Bonchev–Trinajstić information content (AvgIpc) is 2.92. The largest absolute Gasteiger partial charge is 0.497 e. The molecular weight excluding hydrogens is 306 g/mol. The van der Waals surface area contributed by atoms with E-state index in [2.05, 4.69) is 15.9 Å². The Morgan fingerprint density at radius 3 is 3.05 bits per heavy atom. The second-order valence-electron chi connectivity index (χ2n) is 5.06. The van der Waals surface area contributed by atoms with Gasteiger partial charge in [0.2, 0.25) is 0 Å². The highest BCUT2D eigenvalue weighted by atomic mass is 79.9. The van der Waals surface area contributed by atoms with Gasteiger partial charge in [0.15, 0.2) is 0 Å². The minimum absolute atomic E-state index is 0.0471. The van der Waals surface area contributed by atoms with Crippen molar-refractivity contribution in [2.45, 2.75) is 44.2 Å². The molecule has 2 N–H and O–H groups in total. The van der Waals surface area contributed by atoms with E-state index in [-0.39, 0.29) is 6.04 Å². The highest BCUT2D eigenvalue weighted by Gasteiger charge is 2.16. The Labute approximate surface area is 123 Å². The van der Waals surface area contributed by atoms with Crippen LogP contribution < -0.4 is 10.5 Å². The van der Waals surface area contributed by atoms with E-state index in [0.29, 0.717) is 6.10 Å². The van der Waals surface area contributed by atoms with E-state index in [0.717, 1.165) is 41.7 Å².